The predicted octanol–water partition coefficient (Wildman–Crippen LogP) is 4.72. The molecule has 6 unspecified atom stereocenters. The van der Waals surface area contributed by atoms with Gasteiger partial charge in [0.25, 0.3) is 0 Å². The van der Waals surface area contributed by atoms with Crippen molar-refractivity contribution in [3.63, 3.8) is 0 Å². The standard InChI is InChI=1S/C32H35ClFN3O5/c1-17-5-4-6-24(18(17)2)36-30(39)28-32-14-13-25(42-32)26(29(38)35-20-9-12-23(34)22(33)15-20)27(32)31(40)37(28)16-19-7-10-21(41-3)11-8-19/h7-15,17-18,24-28H,4-6,16H2,1-3H3,(H,35,38)(H,36,39)/t17?,18?,24?,25-,26?,27-,28?,32?/m1/s1. The van der Waals surface area contributed by atoms with Crippen molar-refractivity contribution >= 4 is 35.0 Å². The summed E-state index contributed by atoms with van der Waals surface area (Å²) in [7, 11) is 1.58. The fourth-order valence-corrected chi connectivity index (χ4v) is 7.39. The fraction of sp³-hybridized carbons (Fsp3) is 0.469. The Balaban J connectivity index is 1.32. The molecule has 2 N–H and O–H groups in total. The molecule has 2 aromatic carbocycles. The number of nitrogens with one attached hydrogen (secondary N) is 2. The van der Waals surface area contributed by atoms with Crippen molar-refractivity contribution in [2.75, 3.05) is 12.4 Å². The number of ether oxygens (including phenoxy) is 2. The van der Waals surface area contributed by atoms with Gasteiger partial charge in [-0.15, -0.1) is 0 Å². The van der Waals surface area contributed by atoms with Crippen molar-refractivity contribution < 1.29 is 28.2 Å². The molecule has 8 atom stereocenters. The van der Waals surface area contributed by atoms with Crippen LogP contribution in [0.2, 0.25) is 5.02 Å². The van der Waals surface area contributed by atoms with Crippen LogP contribution in [0.3, 0.4) is 0 Å². The van der Waals surface area contributed by atoms with E-state index in [-0.39, 0.29) is 29.4 Å². The molecule has 3 amide bonds. The summed E-state index contributed by atoms with van der Waals surface area (Å²) in [6.45, 7) is 4.53. The molecule has 3 heterocycles. The molecule has 10 heteroatoms. The quantitative estimate of drug-likeness (QED) is 0.452. The van der Waals surface area contributed by atoms with Gasteiger partial charge >= 0.3 is 0 Å². The number of carbonyl (C=O) groups excluding carboxylic acids is 3. The van der Waals surface area contributed by atoms with Crippen molar-refractivity contribution in [1.82, 2.24) is 10.2 Å². The number of fused-ring (bicyclic) bond motifs is 1. The molecule has 2 bridgehead atoms. The first-order valence-electron chi connectivity index (χ1n) is 14.5. The Bertz CT molecular complexity index is 1430. The number of amides is 3. The topological polar surface area (TPSA) is 97.0 Å². The van der Waals surface area contributed by atoms with E-state index in [9.17, 15) is 18.8 Å². The summed E-state index contributed by atoms with van der Waals surface area (Å²) in [5, 5.41) is 5.91. The van der Waals surface area contributed by atoms with Gasteiger partial charge in [0.2, 0.25) is 17.7 Å². The minimum atomic E-state index is -1.29. The van der Waals surface area contributed by atoms with E-state index in [1.54, 1.807) is 36.3 Å². The Kier molecular flexibility index (Phi) is 7.51. The van der Waals surface area contributed by atoms with Gasteiger partial charge in [0.05, 0.1) is 30.1 Å². The Labute approximate surface area is 249 Å². The van der Waals surface area contributed by atoms with Crippen LogP contribution in [0.5, 0.6) is 5.75 Å². The van der Waals surface area contributed by atoms with E-state index in [0.717, 1.165) is 24.8 Å². The molecule has 1 aliphatic carbocycles. The second-order valence-electron chi connectivity index (χ2n) is 12.0. The Morgan fingerprint density at radius 1 is 1.14 bits per heavy atom. The molecule has 3 fully saturated rings. The lowest BCUT2D eigenvalue weighted by Gasteiger charge is -2.38. The third-order valence-corrected chi connectivity index (χ3v) is 9.95. The van der Waals surface area contributed by atoms with Crippen molar-refractivity contribution in [1.29, 1.82) is 0 Å². The smallest absolute Gasteiger partial charge is 0.246 e. The number of methoxy groups -OCH3 is 1. The average molecular weight is 596 g/mol. The molecular formula is C32H35ClFN3O5. The molecule has 0 aromatic heterocycles. The predicted molar refractivity (Wildman–Crippen MR) is 155 cm³/mol. The van der Waals surface area contributed by atoms with Crippen LogP contribution < -0.4 is 15.4 Å². The number of nitrogens with zero attached hydrogens (tertiary/aromatic N) is 1. The van der Waals surface area contributed by atoms with E-state index < -0.39 is 41.3 Å². The molecule has 6 rings (SSSR count). The highest BCUT2D eigenvalue weighted by molar-refractivity contribution is 6.31. The summed E-state index contributed by atoms with van der Waals surface area (Å²) in [5.41, 5.74) is -0.162. The van der Waals surface area contributed by atoms with E-state index in [0.29, 0.717) is 23.3 Å². The molecule has 2 saturated heterocycles. The molecule has 222 valence electrons. The highest BCUT2D eigenvalue weighted by Gasteiger charge is 2.72. The lowest BCUT2D eigenvalue weighted by atomic mass is 9.73. The van der Waals surface area contributed by atoms with Crippen LogP contribution in [-0.2, 0) is 25.7 Å². The second kappa shape index (κ2) is 11.0. The molecule has 8 nitrogen and oxygen atoms in total. The van der Waals surface area contributed by atoms with Gasteiger partial charge in [-0.05, 0) is 54.2 Å². The number of anilines is 1. The Morgan fingerprint density at radius 2 is 1.90 bits per heavy atom. The SMILES string of the molecule is COc1ccc(CN2C(=O)[C@H]3C(C(=O)Nc4ccc(F)c(Cl)c4)[C@H]4C=CC3(O4)C2C(=O)NC2CCCC(C)C2C)cc1. The number of benzene rings is 2. The zero-order valence-electron chi connectivity index (χ0n) is 23.8. The monoisotopic (exact) mass is 595 g/mol. The number of carbonyl (C=O) groups is 3. The van der Waals surface area contributed by atoms with Gasteiger partial charge < -0.3 is 25.0 Å². The van der Waals surface area contributed by atoms with Crippen molar-refractivity contribution in [3.8, 4) is 5.75 Å². The van der Waals surface area contributed by atoms with Crippen LogP contribution in [-0.4, -0.2) is 53.5 Å². The van der Waals surface area contributed by atoms with Crippen molar-refractivity contribution in [2.45, 2.75) is 63.4 Å². The van der Waals surface area contributed by atoms with Gasteiger partial charge in [-0.2, -0.15) is 0 Å². The molecule has 42 heavy (non-hydrogen) atoms. The van der Waals surface area contributed by atoms with Gasteiger partial charge in [-0.25, -0.2) is 4.39 Å². The molecule has 4 aliphatic rings. The molecule has 2 aromatic rings. The van der Waals surface area contributed by atoms with E-state index in [1.165, 1.54) is 18.2 Å². The maximum absolute atomic E-state index is 14.2. The molecule has 3 aliphatic heterocycles. The number of rotatable bonds is 7. The van der Waals surface area contributed by atoms with Crippen LogP contribution in [0.1, 0.15) is 38.7 Å². The third-order valence-electron chi connectivity index (χ3n) is 9.66. The Hall–Kier alpha value is -3.43. The molecule has 0 radical (unpaired) electrons. The molecule has 1 saturated carbocycles. The van der Waals surface area contributed by atoms with Crippen LogP contribution in [0, 0.1) is 29.5 Å². The zero-order chi connectivity index (χ0) is 29.8. The van der Waals surface area contributed by atoms with Crippen LogP contribution >= 0.6 is 11.6 Å². The minimum Gasteiger partial charge on any atom is -0.497 e. The first kappa shape index (κ1) is 28.7. The summed E-state index contributed by atoms with van der Waals surface area (Å²) >= 11 is 5.92. The highest BCUT2D eigenvalue weighted by Crippen LogP contribution is 2.55. The second-order valence-corrected chi connectivity index (χ2v) is 12.4. The highest BCUT2D eigenvalue weighted by atomic mass is 35.5. The Morgan fingerprint density at radius 3 is 2.62 bits per heavy atom. The maximum atomic E-state index is 14.2. The lowest BCUT2D eigenvalue weighted by molar-refractivity contribution is -0.142. The van der Waals surface area contributed by atoms with E-state index >= 15 is 0 Å². The van der Waals surface area contributed by atoms with Gasteiger partial charge in [-0.3, -0.25) is 14.4 Å². The van der Waals surface area contributed by atoms with Crippen LogP contribution in [0.4, 0.5) is 10.1 Å². The number of hydrogen-bond acceptors (Lipinski definition) is 5. The maximum Gasteiger partial charge on any atom is 0.246 e. The summed E-state index contributed by atoms with van der Waals surface area (Å²) < 4.78 is 25.4. The van der Waals surface area contributed by atoms with Gasteiger partial charge in [-0.1, -0.05) is 62.6 Å². The number of halogens is 2. The molecular weight excluding hydrogens is 561 g/mol. The summed E-state index contributed by atoms with van der Waals surface area (Å²) in [6, 6.07) is 10.3. The average Bonchev–Trinajstić information content (AvgIpc) is 3.61. The lowest BCUT2D eigenvalue weighted by Crippen LogP contribution is -2.57. The van der Waals surface area contributed by atoms with Crippen molar-refractivity contribution in [2.24, 2.45) is 23.7 Å². The first-order valence-corrected chi connectivity index (χ1v) is 14.9. The first-order chi connectivity index (χ1) is 20.1. The van der Waals surface area contributed by atoms with Gasteiger partial charge in [0.15, 0.2) is 0 Å². The number of likely N-dealkylation sites (tertiary alicyclic amines) is 1. The number of hydrogen-bond donors (Lipinski definition) is 2. The zero-order valence-corrected chi connectivity index (χ0v) is 24.6. The van der Waals surface area contributed by atoms with E-state index in [1.807, 2.05) is 12.1 Å². The van der Waals surface area contributed by atoms with Crippen LogP contribution in [0.25, 0.3) is 0 Å². The van der Waals surface area contributed by atoms with Crippen molar-refractivity contribution in [3.05, 3.63) is 71.0 Å². The normalized spacial score (nSPS) is 33.0. The minimum absolute atomic E-state index is 0.0143. The van der Waals surface area contributed by atoms with Gasteiger partial charge in [0, 0.05) is 18.3 Å². The summed E-state index contributed by atoms with van der Waals surface area (Å²) in [4.78, 5) is 43.6. The summed E-state index contributed by atoms with van der Waals surface area (Å²) in [5.74, 6) is -1.98. The van der Waals surface area contributed by atoms with E-state index in [2.05, 4.69) is 24.5 Å². The largest absolute Gasteiger partial charge is 0.497 e. The third kappa shape index (κ3) is 4.76. The van der Waals surface area contributed by atoms with Crippen LogP contribution in [0.15, 0.2) is 54.6 Å². The fourth-order valence-electron chi connectivity index (χ4n) is 7.21. The molecule has 1 spiro atoms. The van der Waals surface area contributed by atoms with E-state index in [4.69, 9.17) is 21.1 Å². The van der Waals surface area contributed by atoms with Gasteiger partial charge in [0.1, 0.15) is 23.2 Å². The summed E-state index contributed by atoms with van der Waals surface area (Å²) in [6.07, 6.45) is 5.91.